The van der Waals surface area contributed by atoms with Gasteiger partial charge in [0.2, 0.25) is 0 Å². The molecule has 0 radical (unpaired) electrons. The second kappa shape index (κ2) is 8.95. The second-order valence-electron chi connectivity index (χ2n) is 6.95. The molecule has 3 aromatic rings. The molecule has 4 rings (SSSR count). The summed E-state index contributed by atoms with van der Waals surface area (Å²) in [4.78, 5) is 0. The number of hydrogen-bond donors (Lipinski definition) is 2. The van der Waals surface area contributed by atoms with Crippen LogP contribution in [0.15, 0.2) is 54.9 Å². The van der Waals surface area contributed by atoms with Crippen molar-refractivity contribution in [3.8, 4) is 11.4 Å². The number of nitrogens with zero attached hydrogens (tertiary/aromatic N) is 4. The van der Waals surface area contributed by atoms with Crippen molar-refractivity contribution in [2.24, 2.45) is 0 Å². The van der Waals surface area contributed by atoms with E-state index in [4.69, 9.17) is 4.74 Å². The molecule has 1 saturated heterocycles. The molecule has 7 heteroatoms. The molecule has 1 aliphatic heterocycles. The van der Waals surface area contributed by atoms with Crippen molar-refractivity contribution in [1.82, 2.24) is 30.8 Å². The molecule has 0 aliphatic carbocycles. The number of hydrogen-bond acceptors (Lipinski definition) is 6. The van der Waals surface area contributed by atoms with Crippen LogP contribution in [0.3, 0.4) is 0 Å². The van der Waals surface area contributed by atoms with Crippen molar-refractivity contribution >= 4 is 0 Å². The predicted octanol–water partition coefficient (Wildman–Crippen LogP) is 2.64. The van der Waals surface area contributed by atoms with Crippen molar-refractivity contribution in [1.29, 1.82) is 0 Å². The maximum Gasteiger partial charge on any atom is 0.143 e. The lowest BCUT2D eigenvalue weighted by molar-refractivity contribution is 0.299. The summed E-state index contributed by atoms with van der Waals surface area (Å²) in [7, 11) is 0. The van der Waals surface area contributed by atoms with Crippen LogP contribution in [0.1, 0.15) is 36.9 Å². The smallest absolute Gasteiger partial charge is 0.143 e. The van der Waals surface area contributed by atoms with Crippen molar-refractivity contribution in [3.63, 3.8) is 0 Å². The molecular formula is C21H26N6O. The van der Waals surface area contributed by atoms with Gasteiger partial charge in [0.15, 0.2) is 0 Å². The number of rotatable bonds is 7. The normalized spacial score (nSPS) is 19.5. The van der Waals surface area contributed by atoms with Crippen molar-refractivity contribution < 1.29 is 4.74 Å². The van der Waals surface area contributed by atoms with E-state index >= 15 is 0 Å². The van der Waals surface area contributed by atoms with E-state index in [2.05, 4.69) is 62.6 Å². The molecule has 0 amide bonds. The van der Waals surface area contributed by atoms with E-state index in [-0.39, 0.29) is 0 Å². The highest BCUT2D eigenvalue weighted by molar-refractivity contribution is 5.43. The van der Waals surface area contributed by atoms with E-state index in [1.54, 1.807) is 11.0 Å². The Balaban J connectivity index is 1.53. The van der Waals surface area contributed by atoms with Crippen LogP contribution < -0.4 is 15.4 Å². The molecule has 1 aromatic heterocycles. The minimum atomic E-state index is 0.313. The lowest BCUT2D eigenvalue weighted by Crippen LogP contribution is -2.45. The first-order valence-corrected chi connectivity index (χ1v) is 9.86. The fourth-order valence-electron chi connectivity index (χ4n) is 3.78. The predicted molar refractivity (Wildman–Crippen MR) is 107 cm³/mol. The number of benzene rings is 2. The molecule has 2 atom stereocenters. The van der Waals surface area contributed by atoms with E-state index in [1.165, 1.54) is 12.0 Å². The van der Waals surface area contributed by atoms with Gasteiger partial charge < -0.3 is 15.4 Å². The SMILES string of the molecule is CCOc1ccc(-n2cnnn2)cc1CN[C@H]1CCCN[C@H]1c1ccccc1. The third-order valence-corrected chi connectivity index (χ3v) is 5.13. The molecule has 28 heavy (non-hydrogen) atoms. The van der Waals surface area contributed by atoms with Gasteiger partial charge in [-0.3, -0.25) is 0 Å². The first kappa shape index (κ1) is 18.6. The van der Waals surface area contributed by atoms with Gasteiger partial charge in [0.05, 0.1) is 12.3 Å². The summed E-state index contributed by atoms with van der Waals surface area (Å²) in [5.41, 5.74) is 3.35. The average molecular weight is 378 g/mol. The molecule has 1 aliphatic rings. The van der Waals surface area contributed by atoms with Crippen LogP contribution >= 0.6 is 0 Å². The fourth-order valence-corrected chi connectivity index (χ4v) is 3.78. The topological polar surface area (TPSA) is 76.9 Å². The first-order chi connectivity index (χ1) is 13.8. The van der Waals surface area contributed by atoms with E-state index in [9.17, 15) is 0 Å². The highest BCUT2D eigenvalue weighted by Gasteiger charge is 2.25. The average Bonchev–Trinajstić information content (AvgIpc) is 3.29. The zero-order chi connectivity index (χ0) is 19.2. The third-order valence-electron chi connectivity index (χ3n) is 5.13. The van der Waals surface area contributed by atoms with Crippen LogP contribution in [-0.4, -0.2) is 39.4 Å². The minimum Gasteiger partial charge on any atom is -0.494 e. The number of ether oxygens (including phenoxy) is 1. The van der Waals surface area contributed by atoms with Crippen LogP contribution in [0.2, 0.25) is 0 Å². The van der Waals surface area contributed by atoms with E-state index in [0.29, 0.717) is 18.7 Å². The first-order valence-electron chi connectivity index (χ1n) is 9.86. The molecule has 7 nitrogen and oxygen atoms in total. The number of aromatic nitrogens is 4. The van der Waals surface area contributed by atoms with Crippen LogP contribution in [0.25, 0.3) is 5.69 Å². The summed E-state index contributed by atoms with van der Waals surface area (Å²) in [5, 5.41) is 18.9. The van der Waals surface area contributed by atoms with Crippen molar-refractivity contribution in [2.45, 2.75) is 38.4 Å². The van der Waals surface area contributed by atoms with E-state index in [0.717, 1.165) is 36.5 Å². The van der Waals surface area contributed by atoms with Gasteiger partial charge in [-0.1, -0.05) is 30.3 Å². The maximum atomic E-state index is 5.84. The Bertz CT molecular complexity index is 868. The lowest BCUT2D eigenvalue weighted by atomic mass is 9.92. The Morgan fingerprint density at radius 3 is 2.89 bits per heavy atom. The standard InChI is InChI=1S/C21H26N6O/c1-2-28-20-11-10-18(27-15-24-25-26-27)13-17(20)14-23-19-9-6-12-22-21(19)16-7-4-3-5-8-16/h3-5,7-8,10-11,13,15,19,21-23H,2,6,9,12,14H2,1H3/t19-,21-/m0/s1. The van der Waals surface area contributed by atoms with Crippen molar-refractivity contribution in [2.75, 3.05) is 13.2 Å². The van der Waals surface area contributed by atoms with Gasteiger partial charge in [-0.15, -0.1) is 5.10 Å². The van der Waals surface area contributed by atoms with Gasteiger partial charge in [-0.2, -0.15) is 0 Å². The Labute approximate surface area is 165 Å². The zero-order valence-corrected chi connectivity index (χ0v) is 16.1. The molecule has 1 fully saturated rings. The second-order valence-corrected chi connectivity index (χ2v) is 6.95. The Morgan fingerprint density at radius 1 is 1.21 bits per heavy atom. The fraction of sp³-hybridized carbons (Fsp3) is 0.381. The van der Waals surface area contributed by atoms with Crippen molar-refractivity contribution in [3.05, 3.63) is 66.0 Å². The summed E-state index contributed by atoms with van der Waals surface area (Å²) >= 11 is 0. The number of tetrazole rings is 1. The van der Waals surface area contributed by atoms with Gasteiger partial charge in [0.25, 0.3) is 0 Å². The third kappa shape index (κ3) is 4.21. The summed E-state index contributed by atoms with van der Waals surface area (Å²) in [6.07, 6.45) is 3.91. The van der Waals surface area contributed by atoms with Gasteiger partial charge >= 0.3 is 0 Å². The largest absolute Gasteiger partial charge is 0.494 e. The Kier molecular flexibility index (Phi) is 5.94. The Hall–Kier alpha value is -2.77. The quantitative estimate of drug-likeness (QED) is 0.658. The summed E-state index contributed by atoms with van der Waals surface area (Å²) < 4.78 is 7.51. The highest BCUT2D eigenvalue weighted by atomic mass is 16.5. The molecule has 0 unspecified atom stereocenters. The van der Waals surface area contributed by atoms with E-state index < -0.39 is 0 Å². The zero-order valence-electron chi connectivity index (χ0n) is 16.1. The lowest BCUT2D eigenvalue weighted by Gasteiger charge is -2.34. The monoisotopic (exact) mass is 378 g/mol. The molecule has 2 heterocycles. The molecule has 0 spiro atoms. The molecule has 2 aromatic carbocycles. The van der Waals surface area contributed by atoms with Crippen LogP contribution in [0, 0.1) is 0 Å². The Morgan fingerprint density at radius 2 is 2.11 bits per heavy atom. The number of nitrogens with one attached hydrogen (secondary N) is 2. The maximum absolute atomic E-state index is 5.84. The van der Waals surface area contributed by atoms with Gasteiger partial charge in [0, 0.05) is 24.2 Å². The summed E-state index contributed by atoms with van der Waals surface area (Å²) in [6, 6.07) is 17.4. The van der Waals surface area contributed by atoms with Gasteiger partial charge in [0.1, 0.15) is 12.1 Å². The molecule has 0 bridgehead atoms. The summed E-state index contributed by atoms with van der Waals surface area (Å²) in [6.45, 7) is 4.41. The molecule has 146 valence electrons. The van der Waals surface area contributed by atoms with Crippen LogP contribution in [0.4, 0.5) is 0 Å². The number of piperidine rings is 1. The van der Waals surface area contributed by atoms with Crippen LogP contribution in [0.5, 0.6) is 5.75 Å². The van der Waals surface area contributed by atoms with Gasteiger partial charge in [-0.25, -0.2) is 4.68 Å². The molecule has 2 N–H and O–H groups in total. The molecule has 0 saturated carbocycles. The van der Waals surface area contributed by atoms with Crippen LogP contribution in [-0.2, 0) is 6.54 Å². The highest BCUT2D eigenvalue weighted by Crippen LogP contribution is 2.26. The van der Waals surface area contributed by atoms with Gasteiger partial charge in [-0.05, 0) is 60.5 Å². The minimum absolute atomic E-state index is 0.313. The van der Waals surface area contributed by atoms with E-state index in [1.807, 2.05) is 19.1 Å². The molecular weight excluding hydrogens is 352 g/mol. The summed E-state index contributed by atoms with van der Waals surface area (Å²) in [5.74, 6) is 0.895.